The first-order valence-corrected chi connectivity index (χ1v) is 7.59. The highest BCUT2D eigenvalue weighted by Gasteiger charge is 2.27. The second kappa shape index (κ2) is 6.20. The molecule has 0 aliphatic heterocycles. The number of benzene rings is 1. The summed E-state index contributed by atoms with van der Waals surface area (Å²) in [5, 5.41) is 13.7. The highest BCUT2D eigenvalue weighted by atomic mass is 35.5. The van der Waals surface area contributed by atoms with Crippen LogP contribution in [0.1, 0.15) is 47.2 Å². The lowest BCUT2D eigenvalue weighted by Gasteiger charge is -2.17. The van der Waals surface area contributed by atoms with E-state index in [4.69, 9.17) is 11.6 Å². The molecule has 0 unspecified atom stereocenters. The molecule has 0 amide bonds. The van der Waals surface area contributed by atoms with Gasteiger partial charge in [0.15, 0.2) is 5.78 Å². The first kappa shape index (κ1) is 17.9. The van der Waals surface area contributed by atoms with Gasteiger partial charge in [-0.2, -0.15) is 9.78 Å². The van der Waals surface area contributed by atoms with E-state index in [1.807, 2.05) is 0 Å². The van der Waals surface area contributed by atoms with E-state index in [1.165, 1.54) is 6.07 Å². The number of aromatic nitrogens is 2. The Morgan fingerprint density at radius 2 is 1.83 bits per heavy atom. The van der Waals surface area contributed by atoms with E-state index >= 15 is 0 Å². The average Bonchev–Trinajstić information content (AvgIpc) is 2.48. The van der Waals surface area contributed by atoms with Gasteiger partial charge in [-0.1, -0.05) is 38.4 Å². The third kappa shape index (κ3) is 3.38. The Morgan fingerprint density at radius 1 is 1.21 bits per heavy atom. The number of aromatic carboxylic acids is 1. The Morgan fingerprint density at radius 3 is 2.38 bits per heavy atom. The highest BCUT2D eigenvalue weighted by molar-refractivity contribution is 6.30. The maximum absolute atomic E-state index is 12.5. The van der Waals surface area contributed by atoms with Crippen LogP contribution in [0.15, 0.2) is 29.1 Å². The summed E-state index contributed by atoms with van der Waals surface area (Å²) in [6, 6.07) is 5.86. The molecule has 1 aromatic heterocycles. The van der Waals surface area contributed by atoms with E-state index in [0.29, 0.717) is 16.3 Å². The smallest absolute Gasteiger partial charge is 0.341 e. The van der Waals surface area contributed by atoms with Gasteiger partial charge in [0.25, 0.3) is 5.56 Å². The summed E-state index contributed by atoms with van der Waals surface area (Å²) >= 11 is 5.97. The summed E-state index contributed by atoms with van der Waals surface area (Å²) in [6.07, 6.45) is 0. The fourth-order valence-corrected chi connectivity index (χ4v) is 2.28. The third-order valence-corrected chi connectivity index (χ3v) is 3.69. The fraction of sp³-hybridized carbons (Fsp3) is 0.294. The molecule has 7 heteroatoms. The number of rotatable bonds is 3. The van der Waals surface area contributed by atoms with Crippen LogP contribution in [0.3, 0.4) is 0 Å². The zero-order valence-electron chi connectivity index (χ0n) is 13.8. The van der Waals surface area contributed by atoms with Crippen molar-refractivity contribution in [2.45, 2.75) is 27.7 Å². The van der Waals surface area contributed by atoms with Crippen LogP contribution in [-0.4, -0.2) is 26.6 Å². The lowest BCUT2D eigenvalue weighted by atomic mass is 9.88. The van der Waals surface area contributed by atoms with Crippen LogP contribution >= 0.6 is 11.6 Å². The predicted molar refractivity (Wildman–Crippen MR) is 90.3 cm³/mol. The Kier molecular flexibility index (Phi) is 4.62. The van der Waals surface area contributed by atoms with Gasteiger partial charge in [0.2, 0.25) is 0 Å². The number of carbonyl (C=O) groups is 2. The van der Waals surface area contributed by atoms with Crippen LogP contribution in [0.2, 0.25) is 5.02 Å². The van der Waals surface area contributed by atoms with Crippen molar-refractivity contribution in [1.82, 2.24) is 9.78 Å². The molecule has 0 aliphatic rings. The summed E-state index contributed by atoms with van der Waals surface area (Å²) < 4.78 is 0.920. The molecule has 0 radical (unpaired) electrons. The normalized spacial score (nSPS) is 11.4. The van der Waals surface area contributed by atoms with Crippen LogP contribution in [0.25, 0.3) is 5.69 Å². The van der Waals surface area contributed by atoms with Gasteiger partial charge in [-0.05, 0) is 30.7 Å². The van der Waals surface area contributed by atoms with Crippen LogP contribution in [0.5, 0.6) is 0 Å². The first-order valence-electron chi connectivity index (χ1n) is 7.21. The summed E-state index contributed by atoms with van der Waals surface area (Å²) in [5.41, 5.74) is -1.19. The average molecular weight is 349 g/mol. The molecule has 0 atom stereocenters. The zero-order valence-corrected chi connectivity index (χ0v) is 14.5. The van der Waals surface area contributed by atoms with Gasteiger partial charge in [-0.3, -0.25) is 9.59 Å². The van der Waals surface area contributed by atoms with Crippen molar-refractivity contribution < 1.29 is 14.7 Å². The molecule has 0 fully saturated rings. The molecule has 1 heterocycles. The second-order valence-corrected chi connectivity index (χ2v) is 6.91. The molecule has 6 nitrogen and oxygen atoms in total. The van der Waals surface area contributed by atoms with Crippen molar-refractivity contribution in [3.63, 3.8) is 0 Å². The lowest BCUT2D eigenvalue weighted by Crippen LogP contribution is -2.32. The molecule has 126 valence electrons. The number of nitrogens with zero attached hydrogens (tertiary/aromatic N) is 2. The van der Waals surface area contributed by atoms with Crippen molar-refractivity contribution in [3.05, 3.63) is 56.5 Å². The van der Waals surface area contributed by atoms with Crippen LogP contribution in [0.4, 0.5) is 0 Å². The Hall–Kier alpha value is -2.47. The summed E-state index contributed by atoms with van der Waals surface area (Å²) in [5.74, 6) is -1.78. The molecule has 0 bridgehead atoms. The van der Waals surface area contributed by atoms with Gasteiger partial charge in [0.1, 0.15) is 11.3 Å². The van der Waals surface area contributed by atoms with E-state index in [2.05, 4.69) is 5.10 Å². The molecule has 1 N–H and O–H groups in total. The van der Waals surface area contributed by atoms with Crippen molar-refractivity contribution >= 4 is 23.4 Å². The molecule has 0 aliphatic carbocycles. The first-order chi connectivity index (χ1) is 11.0. The molecule has 2 aromatic rings. The number of hydrogen-bond acceptors (Lipinski definition) is 4. The zero-order chi connectivity index (χ0) is 18.2. The maximum atomic E-state index is 12.5. The van der Waals surface area contributed by atoms with Crippen LogP contribution in [0, 0.1) is 12.3 Å². The molecule has 2 rings (SSSR count). The Balaban J connectivity index is 2.83. The van der Waals surface area contributed by atoms with E-state index < -0.39 is 22.5 Å². The van der Waals surface area contributed by atoms with Gasteiger partial charge >= 0.3 is 5.97 Å². The molecular formula is C17H17ClN2O4. The number of carboxylic acid groups (broad SMARTS) is 1. The predicted octanol–water partition coefficient (Wildman–Crippen LogP) is 3.12. The number of hydrogen-bond donors (Lipinski definition) is 1. The monoisotopic (exact) mass is 348 g/mol. The van der Waals surface area contributed by atoms with Gasteiger partial charge in [0.05, 0.1) is 5.69 Å². The van der Waals surface area contributed by atoms with Crippen molar-refractivity contribution in [2.24, 2.45) is 5.41 Å². The van der Waals surface area contributed by atoms with Crippen molar-refractivity contribution in [1.29, 1.82) is 0 Å². The van der Waals surface area contributed by atoms with E-state index in [1.54, 1.807) is 39.8 Å². The molecular weight excluding hydrogens is 332 g/mol. The summed E-state index contributed by atoms with van der Waals surface area (Å²) in [6.45, 7) is 6.81. The SMILES string of the molecule is Cc1ccc(Cl)cc1-n1nc(C(=O)C(C)(C)C)cc(C(=O)O)c1=O. The van der Waals surface area contributed by atoms with Gasteiger partial charge in [-0.25, -0.2) is 4.79 Å². The minimum Gasteiger partial charge on any atom is -0.477 e. The van der Waals surface area contributed by atoms with E-state index in [9.17, 15) is 19.5 Å². The molecule has 0 spiro atoms. The minimum atomic E-state index is -1.42. The third-order valence-electron chi connectivity index (χ3n) is 3.46. The van der Waals surface area contributed by atoms with Crippen LogP contribution < -0.4 is 5.56 Å². The summed E-state index contributed by atoms with van der Waals surface area (Å²) in [4.78, 5) is 36.4. The number of carboxylic acids is 1. The lowest BCUT2D eigenvalue weighted by molar-refractivity contribution is 0.0694. The second-order valence-electron chi connectivity index (χ2n) is 6.48. The van der Waals surface area contributed by atoms with Gasteiger partial charge in [-0.15, -0.1) is 0 Å². The highest BCUT2D eigenvalue weighted by Crippen LogP contribution is 2.21. The molecule has 0 saturated carbocycles. The number of halogens is 1. The fourth-order valence-electron chi connectivity index (χ4n) is 2.12. The number of carbonyl (C=O) groups excluding carboxylic acids is 1. The van der Waals surface area contributed by atoms with E-state index in [0.717, 1.165) is 10.7 Å². The quantitative estimate of drug-likeness (QED) is 0.861. The van der Waals surface area contributed by atoms with Gasteiger partial charge < -0.3 is 5.11 Å². The number of Topliss-reactive ketones (excluding diaryl/α,β-unsaturated/α-hetero) is 1. The Bertz CT molecular complexity index is 894. The van der Waals surface area contributed by atoms with Crippen molar-refractivity contribution in [3.8, 4) is 5.69 Å². The molecule has 1 aromatic carbocycles. The van der Waals surface area contributed by atoms with Gasteiger partial charge in [0, 0.05) is 10.4 Å². The topological polar surface area (TPSA) is 89.3 Å². The summed E-state index contributed by atoms with van der Waals surface area (Å²) in [7, 11) is 0. The minimum absolute atomic E-state index is 0.0844. The molecule has 24 heavy (non-hydrogen) atoms. The molecule has 0 saturated heterocycles. The number of aryl methyl sites for hydroxylation is 1. The Labute approximate surface area is 143 Å². The maximum Gasteiger partial charge on any atom is 0.341 e. The van der Waals surface area contributed by atoms with Crippen LogP contribution in [-0.2, 0) is 0 Å². The standard InChI is InChI=1S/C17H17ClN2O4/c1-9-5-6-10(18)7-13(9)20-15(22)11(16(23)24)8-12(19-20)14(21)17(2,3)4/h5-8H,1-4H3,(H,23,24). The van der Waals surface area contributed by atoms with Crippen molar-refractivity contribution in [2.75, 3.05) is 0 Å². The van der Waals surface area contributed by atoms with E-state index in [-0.39, 0.29) is 11.5 Å². The largest absolute Gasteiger partial charge is 0.477 e. The number of ketones is 1.